The molecule has 3 nitrogen and oxygen atoms in total. The Morgan fingerprint density at radius 3 is 2.43 bits per heavy atom. The molecule has 1 unspecified atom stereocenters. The van der Waals surface area contributed by atoms with Gasteiger partial charge in [-0.25, -0.2) is 4.79 Å². The molecule has 1 saturated carbocycles. The first-order chi connectivity index (χ1) is 6.39. The van der Waals surface area contributed by atoms with Crippen LogP contribution in [0.4, 0.5) is 4.79 Å². The van der Waals surface area contributed by atoms with E-state index in [0.717, 1.165) is 19.4 Å². The van der Waals surface area contributed by atoms with Gasteiger partial charge in [-0.05, 0) is 24.2 Å². The van der Waals surface area contributed by atoms with Crippen LogP contribution in [0.15, 0.2) is 0 Å². The van der Waals surface area contributed by atoms with Crippen LogP contribution >= 0.6 is 0 Å². The summed E-state index contributed by atoms with van der Waals surface area (Å²) < 4.78 is 0. The van der Waals surface area contributed by atoms with Gasteiger partial charge >= 0.3 is 6.03 Å². The van der Waals surface area contributed by atoms with Gasteiger partial charge in [0.2, 0.25) is 0 Å². The molecule has 0 aromatic heterocycles. The zero-order valence-corrected chi connectivity index (χ0v) is 9.68. The highest BCUT2D eigenvalue weighted by Gasteiger charge is 2.24. The maximum atomic E-state index is 11.3. The van der Waals surface area contributed by atoms with E-state index in [1.54, 1.807) is 0 Å². The van der Waals surface area contributed by atoms with Crippen molar-refractivity contribution in [2.75, 3.05) is 6.54 Å². The van der Waals surface area contributed by atoms with Gasteiger partial charge in [-0.2, -0.15) is 0 Å². The van der Waals surface area contributed by atoms with E-state index in [1.165, 1.54) is 0 Å². The van der Waals surface area contributed by atoms with E-state index in [-0.39, 0.29) is 11.4 Å². The van der Waals surface area contributed by atoms with Gasteiger partial charge in [-0.15, -0.1) is 0 Å². The Hall–Kier alpha value is -0.730. The largest absolute Gasteiger partial charge is 0.338 e. The van der Waals surface area contributed by atoms with Crippen molar-refractivity contribution < 1.29 is 4.79 Å². The molecule has 0 aromatic rings. The van der Waals surface area contributed by atoms with E-state index in [9.17, 15) is 4.79 Å². The molecular weight excluding hydrogens is 176 g/mol. The van der Waals surface area contributed by atoms with E-state index in [0.29, 0.717) is 12.0 Å². The molecule has 1 atom stereocenters. The molecule has 1 fully saturated rings. The average Bonchev–Trinajstić information content (AvgIpc) is 2.82. The lowest BCUT2D eigenvalue weighted by Crippen LogP contribution is -2.41. The highest BCUT2D eigenvalue weighted by Crippen LogP contribution is 2.24. The summed E-state index contributed by atoms with van der Waals surface area (Å²) in [5.41, 5.74) is 0.257. The van der Waals surface area contributed by atoms with Crippen LogP contribution < -0.4 is 10.6 Å². The number of hydrogen-bond donors (Lipinski definition) is 2. The Labute approximate surface area is 86.6 Å². The molecule has 82 valence electrons. The van der Waals surface area contributed by atoms with Crippen molar-refractivity contribution in [3.8, 4) is 0 Å². The molecule has 0 saturated heterocycles. The van der Waals surface area contributed by atoms with Crippen LogP contribution in [-0.2, 0) is 0 Å². The molecule has 0 bridgehead atoms. The molecule has 0 radical (unpaired) electrons. The quantitative estimate of drug-likeness (QED) is 0.716. The Bertz CT molecular complexity index is 204. The minimum atomic E-state index is -0.0106. The van der Waals surface area contributed by atoms with Crippen LogP contribution in [0.2, 0.25) is 0 Å². The molecule has 0 spiro atoms. The van der Waals surface area contributed by atoms with Gasteiger partial charge < -0.3 is 10.6 Å². The van der Waals surface area contributed by atoms with Crippen LogP contribution in [0.1, 0.15) is 40.5 Å². The van der Waals surface area contributed by atoms with Crippen molar-refractivity contribution in [1.29, 1.82) is 0 Å². The summed E-state index contributed by atoms with van der Waals surface area (Å²) in [6.45, 7) is 9.49. The standard InChI is InChI=1S/C11H22N2O/c1-8(11(2,3)4)7-12-10(14)13-9-5-6-9/h8-9H,5-7H2,1-4H3,(H2,12,13,14). The third kappa shape index (κ3) is 3.99. The lowest BCUT2D eigenvalue weighted by molar-refractivity contribution is 0.225. The van der Waals surface area contributed by atoms with Gasteiger partial charge in [0, 0.05) is 12.6 Å². The van der Waals surface area contributed by atoms with Gasteiger partial charge in [0.25, 0.3) is 0 Å². The van der Waals surface area contributed by atoms with Crippen LogP contribution in [0.25, 0.3) is 0 Å². The normalized spacial score (nSPS) is 18.9. The Kier molecular flexibility index (Phi) is 3.40. The van der Waals surface area contributed by atoms with Gasteiger partial charge in [-0.3, -0.25) is 0 Å². The molecule has 0 aliphatic heterocycles. The molecule has 3 heteroatoms. The van der Waals surface area contributed by atoms with Crippen molar-refractivity contribution in [3.05, 3.63) is 0 Å². The Balaban J connectivity index is 2.15. The summed E-state index contributed by atoms with van der Waals surface area (Å²) in [7, 11) is 0. The second kappa shape index (κ2) is 4.20. The number of rotatable bonds is 3. The van der Waals surface area contributed by atoms with Crippen LogP contribution in [0.3, 0.4) is 0 Å². The van der Waals surface area contributed by atoms with Crippen molar-refractivity contribution >= 4 is 6.03 Å². The SMILES string of the molecule is CC(CNC(=O)NC1CC1)C(C)(C)C. The first-order valence-corrected chi connectivity index (χ1v) is 5.44. The fraction of sp³-hybridized carbons (Fsp3) is 0.909. The molecule has 1 aliphatic carbocycles. The number of hydrogen-bond acceptors (Lipinski definition) is 1. The topological polar surface area (TPSA) is 41.1 Å². The maximum absolute atomic E-state index is 11.3. The summed E-state index contributed by atoms with van der Waals surface area (Å²) in [5.74, 6) is 0.493. The van der Waals surface area contributed by atoms with Crippen LogP contribution in [-0.4, -0.2) is 18.6 Å². The third-order valence-corrected chi connectivity index (χ3v) is 2.96. The molecule has 2 N–H and O–H groups in total. The lowest BCUT2D eigenvalue weighted by atomic mass is 9.82. The second-order valence-electron chi connectivity index (χ2n) is 5.40. The first-order valence-electron chi connectivity index (χ1n) is 5.44. The summed E-state index contributed by atoms with van der Waals surface area (Å²) in [5, 5.41) is 5.82. The van der Waals surface area contributed by atoms with Crippen molar-refractivity contribution in [2.24, 2.45) is 11.3 Å². The fourth-order valence-corrected chi connectivity index (χ4v) is 1.02. The van der Waals surface area contributed by atoms with Crippen LogP contribution in [0, 0.1) is 11.3 Å². The minimum Gasteiger partial charge on any atom is -0.338 e. The van der Waals surface area contributed by atoms with Gasteiger partial charge in [-0.1, -0.05) is 27.7 Å². The molecule has 1 aliphatic rings. The summed E-state index contributed by atoms with van der Waals surface area (Å²) in [6.07, 6.45) is 2.28. The van der Waals surface area contributed by atoms with E-state index < -0.39 is 0 Å². The molecular formula is C11H22N2O. The molecule has 0 heterocycles. The summed E-state index contributed by atoms with van der Waals surface area (Å²) >= 11 is 0. The molecule has 1 rings (SSSR count). The van der Waals surface area contributed by atoms with Crippen molar-refractivity contribution in [1.82, 2.24) is 10.6 Å². The monoisotopic (exact) mass is 198 g/mol. The summed E-state index contributed by atoms with van der Waals surface area (Å²) in [6, 6.07) is 0.434. The first kappa shape index (κ1) is 11.3. The number of nitrogens with one attached hydrogen (secondary N) is 2. The number of urea groups is 1. The van der Waals surface area contributed by atoms with E-state index in [4.69, 9.17) is 0 Å². The van der Waals surface area contributed by atoms with E-state index >= 15 is 0 Å². The lowest BCUT2D eigenvalue weighted by Gasteiger charge is -2.27. The maximum Gasteiger partial charge on any atom is 0.315 e. The van der Waals surface area contributed by atoms with E-state index in [1.807, 2.05) is 0 Å². The second-order valence-corrected chi connectivity index (χ2v) is 5.40. The highest BCUT2D eigenvalue weighted by atomic mass is 16.2. The zero-order chi connectivity index (χ0) is 10.8. The number of amides is 2. The Morgan fingerprint density at radius 2 is 2.00 bits per heavy atom. The zero-order valence-electron chi connectivity index (χ0n) is 9.68. The summed E-state index contributed by atoms with van der Waals surface area (Å²) in [4.78, 5) is 11.3. The van der Waals surface area contributed by atoms with Crippen LogP contribution in [0.5, 0.6) is 0 Å². The van der Waals surface area contributed by atoms with Gasteiger partial charge in [0.05, 0.1) is 0 Å². The Morgan fingerprint density at radius 1 is 1.43 bits per heavy atom. The molecule has 0 aromatic carbocycles. The van der Waals surface area contributed by atoms with Gasteiger partial charge in [0.1, 0.15) is 0 Å². The molecule has 14 heavy (non-hydrogen) atoms. The third-order valence-electron chi connectivity index (χ3n) is 2.96. The van der Waals surface area contributed by atoms with Gasteiger partial charge in [0.15, 0.2) is 0 Å². The minimum absolute atomic E-state index is 0.0106. The number of carbonyl (C=O) groups is 1. The van der Waals surface area contributed by atoms with Crippen molar-refractivity contribution in [2.45, 2.75) is 46.6 Å². The number of carbonyl (C=O) groups excluding carboxylic acids is 1. The average molecular weight is 198 g/mol. The predicted molar refractivity (Wildman–Crippen MR) is 58.2 cm³/mol. The van der Waals surface area contributed by atoms with Crippen molar-refractivity contribution in [3.63, 3.8) is 0 Å². The fourth-order valence-electron chi connectivity index (χ4n) is 1.02. The van der Waals surface area contributed by atoms with E-state index in [2.05, 4.69) is 38.3 Å². The highest BCUT2D eigenvalue weighted by molar-refractivity contribution is 5.74. The molecule has 2 amide bonds. The predicted octanol–water partition coefficient (Wildman–Crippen LogP) is 2.13. The smallest absolute Gasteiger partial charge is 0.315 e.